The topological polar surface area (TPSA) is 89.8 Å². The summed E-state index contributed by atoms with van der Waals surface area (Å²) in [5.74, 6) is 0. The number of nitriles is 3. The number of nitrogens with zero attached hydrogens (tertiary/aromatic N) is 3. The third-order valence-corrected chi connectivity index (χ3v) is 42.2. The molecule has 0 aliphatic heterocycles. The van der Waals surface area contributed by atoms with Gasteiger partial charge in [-0.3, -0.25) is 0 Å². The first-order valence-corrected chi connectivity index (χ1v) is 19.7. The summed E-state index contributed by atoms with van der Waals surface area (Å²) in [7, 11) is 4.67. The van der Waals surface area contributed by atoms with E-state index in [2.05, 4.69) is 18.2 Å². The molecule has 0 aliphatic carbocycles. The molecule has 0 spiro atoms. The summed E-state index contributed by atoms with van der Waals surface area (Å²) in [5.41, 5.74) is -2.41. The second-order valence-electron chi connectivity index (χ2n) is 4.06. The van der Waals surface area contributed by atoms with Crippen LogP contribution < -0.4 is 0 Å². The normalized spacial score (nSPS) is 11.3. The molecule has 0 saturated carbocycles. The first kappa shape index (κ1) is 20.2. The van der Waals surface area contributed by atoms with Gasteiger partial charge in [0.25, 0.3) is 0 Å². The Hall–Kier alpha value is 0.189. The molecule has 110 valence electrons. The van der Waals surface area contributed by atoms with Crippen LogP contribution in [-0.2, 0) is 20.9 Å². The second kappa shape index (κ2) is 10.8. The first-order valence-electron chi connectivity index (χ1n) is 6.04. The van der Waals surface area contributed by atoms with Gasteiger partial charge in [-0.25, -0.2) is 0 Å². The van der Waals surface area contributed by atoms with Gasteiger partial charge in [0, 0.05) is 0 Å². The van der Waals surface area contributed by atoms with Gasteiger partial charge in [0.05, 0.1) is 0 Å². The van der Waals surface area contributed by atoms with Gasteiger partial charge in [-0.2, -0.15) is 0 Å². The molecular weight excluding hydrogens is 420 g/mol. The van der Waals surface area contributed by atoms with Crippen LogP contribution in [0.3, 0.4) is 0 Å². The van der Waals surface area contributed by atoms with Crippen molar-refractivity contribution in [3.8, 4) is 18.2 Å². The van der Waals surface area contributed by atoms with E-state index in [1.54, 1.807) is 8.57 Å². The number of hydrogen-bond donors (Lipinski definition) is 0. The molecule has 0 unspecified atom stereocenters. The molecule has 5 nitrogen and oxygen atoms in total. The van der Waals surface area contributed by atoms with Crippen LogP contribution in [0, 0.1) is 34.0 Å². The van der Waals surface area contributed by atoms with E-state index in [1.165, 1.54) is 14.2 Å². The minimum atomic E-state index is -2.95. The molecule has 0 bridgehead atoms. The quantitative estimate of drug-likeness (QED) is 0.377. The Kier molecular flexibility index (Phi) is 11.0. The Morgan fingerprint density at radius 3 is 1.55 bits per heavy atom. The molecule has 0 aromatic rings. The summed E-state index contributed by atoms with van der Waals surface area (Å²) in [5, 5.41) is 26.6. The van der Waals surface area contributed by atoms with E-state index >= 15 is 0 Å². The average Bonchev–Trinajstić information content (AvgIpc) is 2.48. The van der Waals surface area contributed by atoms with Gasteiger partial charge < -0.3 is 0 Å². The van der Waals surface area contributed by atoms with Crippen molar-refractivity contribution in [3.63, 3.8) is 0 Å². The van der Waals surface area contributed by atoms with E-state index in [4.69, 9.17) is 36.6 Å². The Morgan fingerprint density at radius 1 is 0.950 bits per heavy atom. The number of hydrogen-bond acceptors (Lipinski definition) is 7. The molecule has 0 saturated heterocycles. The van der Waals surface area contributed by atoms with Crippen LogP contribution in [0.25, 0.3) is 0 Å². The van der Waals surface area contributed by atoms with Crippen molar-refractivity contribution in [1.82, 2.24) is 0 Å². The van der Waals surface area contributed by atoms with Crippen LogP contribution in [0.2, 0.25) is 13.3 Å². The van der Waals surface area contributed by atoms with Crippen molar-refractivity contribution >= 4 is 43.1 Å². The Bertz CT molecular complexity index is 416. The van der Waals surface area contributed by atoms with Gasteiger partial charge in [-0.05, 0) is 0 Å². The maximum absolute atomic E-state index is 8.86. The first-order chi connectivity index (χ1) is 9.51. The Morgan fingerprint density at radius 2 is 1.30 bits per heavy atom. The van der Waals surface area contributed by atoms with Crippen molar-refractivity contribution in [2.75, 3.05) is 14.2 Å². The molecule has 0 aromatic carbocycles. The van der Waals surface area contributed by atoms with Crippen molar-refractivity contribution in [1.29, 1.82) is 15.8 Å². The van der Waals surface area contributed by atoms with E-state index in [1.807, 2.05) is 0 Å². The predicted molar refractivity (Wildman–Crippen MR) is 86.8 cm³/mol. The fraction of sp³-hybridized carbons (Fsp3) is 0.727. The van der Waals surface area contributed by atoms with Crippen molar-refractivity contribution < 1.29 is 9.05 Å². The van der Waals surface area contributed by atoms with Gasteiger partial charge in [0.15, 0.2) is 0 Å². The van der Waals surface area contributed by atoms with E-state index in [0.717, 1.165) is 13.3 Å². The molecule has 20 heavy (non-hydrogen) atoms. The standard InChI is InChI=1S/3C3H4N.C2H7O2PS2.Sn/c3*1-2-3-4;1-3-5(6,7)4-2;/h3*1-2H2;1-2H3,(H,6,7);/q;;;;+1/p-1. The molecule has 0 atom stereocenters. The molecule has 0 aliphatic rings. The van der Waals surface area contributed by atoms with E-state index in [-0.39, 0.29) is 0 Å². The predicted octanol–water partition coefficient (Wildman–Crippen LogP) is 3.92. The summed E-state index contributed by atoms with van der Waals surface area (Å²) >= 11 is 2.49. The summed E-state index contributed by atoms with van der Waals surface area (Å²) < 4.78 is 13.1. The molecule has 0 aromatic heterocycles. The fourth-order valence-corrected chi connectivity index (χ4v) is 47.1. The Balaban J connectivity index is 5.24. The summed E-state index contributed by atoms with van der Waals surface area (Å²) in [4.78, 5) is 0. The van der Waals surface area contributed by atoms with Gasteiger partial charge in [-0.15, -0.1) is 0 Å². The molecule has 0 rings (SSSR count). The van der Waals surface area contributed by atoms with Crippen LogP contribution in [0.4, 0.5) is 0 Å². The second-order valence-corrected chi connectivity index (χ2v) is 31.5. The number of rotatable bonds is 10. The van der Waals surface area contributed by atoms with Crippen LogP contribution in [-0.4, -0.2) is 31.2 Å². The van der Waals surface area contributed by atoms with Crippen LogP contribution in [0.15, 0.2) is 0 Å². The summed E-state index contributed by atoms with van der Waals surface area (Å²) in [6.07, 6.45) is 1.34. The van der Waals surface area contributed by atoms with Crippen LogP contribution in [0.5, 0.6) is 0 Å². The molecule has 0 N–H and O–H groups in total. The maximum atomic E-state index is 8.86. The van der Waals surface area contributed by atoms with Gasteiger partial charge in [-0.1, -0.05) is 0 Å². The van der Waals surface area contributed by atoms with Gasteiger partial charge in [0.2, 0.25) is 0 Å². The fourth-order valence-electron chi connectivity index (χ4n) is 1.75. The Labute approximate surface area is 132 Å². The van der Waals surface area contributed by atoms with E-state index in [0.29, 0.717) is 19.3 Å². The van der Waals surface area contributed by atoms with Gasteiger partial charge in [0.1, 0.15) is 0 Å². The summed E-state index contributed by atoms with van der Waals surface area (Å²) in [6.45, 7) is 0. The molecule has 0 radical (unpaired) electrons. The molecule has 9 heteroatoms. The van der Waals surface area contributed by atoms with E-state index in [9.17, 15) is 0 Å². The van der Waals surface area contributed by atoms with Crippen LogP contribution in [0.1, 0.15) is 19.3 Å². The molecule has 0 heterocycles. The van der Waals surface area contributed by atoms with Gasteiger partial charge >= 0.3 is 133 Å². The SMILES string of the molecule is COP(=S)(OC)[S][Sn]([CH2]CC#N)([CH2]CC#N)[CH2]CC#N. The minimum absolute atomic E-state index is 0.447. The average molecular weight is 438 g/mol. The zero-order valence-corrected chi connectivity index (χ0v) is 17.0. The molecule has 0 fully saturated rings. The van der Waals surface area contributed by atoms with Crippen LogP contribution >= 0.6 is 14.3 Å². The van der Waals surface area contributed by atoms with Crippen molar-refractivity contribution in [2.24, 2.45) is 0 Å². The third-order valence-electron chi connectivity index (χ3n) is 2.83. The third kappa shape index (κ3) is 7.27. The molecular formula is C11H18N3O2PS2Sn. The monoisotopic (exact) mass is 439 g/mol. The summed E-state index contributed by atoms with van der Waals surface area (Å²) in [6, 6.07) is 6.50. The van der Waals surface area contributed by atoms with Crippen molar-refractivity contribution in [2.45, 2.75) is 32.6 Å². The zero-order chi connectivity index (χ0) is 15.5. The van der Waals surface area contributed by atoms with Crippen molar-refractivity contribution in [3.05, 3.63) is 0 Å². The molecule has 0 amide bonds. The zero-order valence-electron chi connectivity index (χ0n) is 11.7. The van der Waals surface area contributed by atoms with E-state index < -0.39 is 22.7 Å².